The van der Waals surface area contributed by atoms with Crippen molar-refractivity contribution in [1.82, 2.24) is 5.43 Å². The average Bonchev–Trinajstić information content (AvgIpc) is 2.78. The number of carbonyl (C=O) groups is 2. The second-order valence-electron chi connectivity index (χ2n) is 6.78. The standard InChI is InChI=1S/C17H20N2O2/c1-16(2)12-9-10-17(16,3)14(20)13(12)18-19-15(21)11-7-5-4-6-8-11/h4-8,12H,9-10H2,1-3H3,(H,19,21)/b18-13-. The molecule has 2 aliphatic rings. The molecule has 4 heteroatoms. The highest BCUT2D eigenvalue weighted by Crippen LogP contribution is 2.62. The molecule has 21 heavy (non-hydrogen) atoms. The van der Waals surface area contributed by atoms with E-state index in [0.717, 1.165) is 12.8 Å². The molecular weight excluding hydrogens is 264 g/mol. The third kappa shape index (κ3) is 1.85. The number of Topliss-reactive ketones (excluding diaryl/α,β-unsaturated/α-hetero) is 1. The number of hydrogen-bond acceptors (Lipinski definition) is 3. The molecule has 2 bridgehead atoms. The summed E-state index contributed by atoms with van der Waals surface area (Å²) in [6.45, 7) is 6.28. The molecule has 4 nitrogen and oxygen atoms in total. The van der Waals surface area contributed by atoms with Crippen molar-refractivity contribution in [3.63, 3.8) is 0 Å². The Morgan fingerprint density at radius 3 is 2.48 bits per heavy atom. The van der Waals surface area contributed by atoms with Gasteiger partial charge in [0.05, 0.1) is 0 Å². The minimum absolute atomic E-state index is 0.0829. The Morgan fingerprint density at radius 2 is 1.90 bits per heavy atom. The van der Waals surface area contributed by atoms with E-state index in [0.29, 0.717) is 11.3 Å². The van der Waals surface area contributed by atoms with Crippen LogP contribution in [0.5, 0.6) is 0 Å². The van der Waals surface area contributed by atoms with Crippen molar-refractivity contribution in [2.24, 2.45) is 21.8 Å². The zero-order valence-corrected chi connectivity index (χ0v) is 12.6. The first kappa shape index (κ1) is 14.0. The highest BCUT2D eigenvalue weighted by Gasteiger charge is 2.65. The molecule has 0 heterocycles. The van der Waals surface area contributed by atoms with Gasteiger partial charge < -0.3 is 0 Å². The van der Waals surface area contributed by atoms with Crippen LogP contribution >= 0.6 is 0 Å². The molecule has 0 aromatic heterocycles. The number of ketones is 1. The number of benzene rings is 1. The maximum atomic E-state index is 12.6. The highest BCUT2D eigenvalue weighted by molar-refractivity contribution is 6.45. The topological polar surface area (TPSA) is 58.5 Å². The van der Waals surface area contributed by atoms with Crippen LogP contribution in [0.2, 0.25) is 0 Å². The first-order chi connectivity index (χ1) is 9.88. The van der Waals surface area contributed by atoms with Crippen molar-refractivity contribution >= 4 is 17.4 Å². The molecule has 110 valence electrons. The number of nitrogens with zero attached hydrogens (tertiary/aromatic N) is 1. The molecular formula is C17H20N2O2. The zero-order chi connectivity index (χ0) is 15.3. The van der Waals surface area contributed by atoms with Crippen LogP contribution in [0.25, 0.3) is 0 Å². The summed E-state index contributed by atoms with van der Waals surface area (Å²) in [5, 5.41) is 4.17. The van der Waals surface area contributed by atoms with Gasteiger partial charge in [0.25, 0.3) is 5.91 Å². The summed E-state index contributed by atoms with van der Waals surface area (Å²) >= 11 is 0. The minimum atomic E-state index is -0.339. The first-order valence-corrected chi connectivity index (χ1v) is 7.36. The molecule has 2 unspecified atom stereocenters. The van der Waals surface area contributed by atoms with E-state index >= 15 is 0 Å². The fourth-order valence-electron chi connectivity index (χ4n) is 3.72. The maximum Gasteiger partial charge on any atom is 0.271 e. The molecule has 0 saturated heterocycles. The van der Waals surface area contributed by atoms with Gasteiger partial charge in [-0.25, -0.2) is 5.43 Å². The monoisotopic (exact) mass is 284 g/mol. The zero-order valence-electron chi connectivity index (χ0n) is 12.6. The van der Waals surface area contributed by atoms with E-state index in [2.05, 4.69) is 24.4 Å². The van der Waals surface area contributed by atoms with Gasteiger partial charge in [0, 0.05) is 16.9 Å². The summed E-state index contributed by atoms with van der Waals surface area (Å²) in [5.41, 5.74) is 3.20. The highest BCUT2D eigenvalue weighted by atomic mass is 16.2. The lowest BCUT2D eigenvalue weighted by atomic mass is 9.70. The lowest BCUT2D eigenvalue weighted by molar-refractivity contribution is -0.123. The van der Waals surface area contributed by atoms with E-state index in [9.17, 15) is 9.59 Å². The lowest BCUT2D eigenvalue weighted by Gasteiger charge is -2.31. The number of rotatable bonds is 2. The second kappa shape index (κ2) is 4.52. The van der Waals surface area contributed by atoms with Gasteiger partial charge in [-0.1, -0.05) is 39.0 Å². The summed E-state index contributed by atoms with van der Waals surface area (Å²) in [7, 11) is 0. The molecule has 0 aliphatic heterocycles. The normalized spacial score (nSPS) is 31.7. The summed E-state index contributed by atoms with van der Waals surface area (Å²) in [4.78, 5) is 24.6. The first-order valence-electron chi connectivity index (χ1n) is 7.36. The molecule has 2 aliphatic carbocycles. The Labute approximate surface area is 124 Å². The number of amides is 1. The molecule has 3 rings (SSSR count). The number of nitrogens with one attached hydrogen (secondary N) is 1. The van der Waals surface area contributed by atoms with E-state index in [1.165, 1.54) is 0 Å². The molecule has 2 saturated carbocycles. The molecule has 1 aromatic rings. The van der Waals surface area contributed by atoms with Crippen LogP contribution in [0.4, 0.5) is 0 Å². The SMILES string of the molecule is CC12CCC(/C(=N/NC(=O)c3ccccc3)C1=O)C2(C)C. The van der Waals surface area contributed by atoms with Crippen molar-refractivity contribution in [2.45, 2.75) is 33.6 Å². The van der Waals surface area contributed by atoms with Crippen LogP contribution in [0, 0.1) is 16.7 Å². The van der Waals surface area contributed by atoms with Gasteiger partial charge in [0.1, 0.15) is 5.71 Å². The van der Waals surface area contributed by atoms with Crippen LogP contribution in [-0.4, -0.2) is 17.4 Å². The molecule has 1 N–H and O–H groups in total. The van der Waals surface area contributed by atoms with Gasteiger partial charge >= 0.3 is 0 Å². The Balaban J connectivity index is 1.83. The number of fused-ring (bicyclic) bond motifs is 2. The maximum absolute atomic E-state index is 12.6. The van der Waals surface area contributed by atoms with Crippen molar-refractivity contribution in [3.05, 3.63) is 35.9 Å². The van der Waals surface area contributed by atoms with Crippen LogP contribution in [0.15, 0.2) is 35.4 Å². The third-order valence-corrected chi connectivity index (χ3v) is 5.60. The van der Waals surface area contributed by atoms with Crippen LogP contribution in [-0.2, 0) is 4.79 Å². The number of carbonyl (C=O) groups excluding carboxylic acids is 2. The Kier molecular flexibility index (Phi) is 3.01. The molecule has 1 aromatic carbocycles. The fourth-order valence-corrected chi connectivity index (χ4v) is 3.72. The molecule has 0 radical (unpaired) electrons. The minimum Gasteiger partial charge on any atom is -0.292 e. The third-order valence-electron chi connectivity index (χ3n) is 5.60. The van der Waals surface area contributed by atoms with Gasteiger partial charge in [0.2, 0.25) is 0 Å². The Hall–Kier alpha value is -1.97. The van der Waals surface area contributed by atoms with E-state index in [1.54, 1.807) is 24.3 Å². The summed E-state index contributed by atoms with van der Waals surface area (Å²) < 4.78 is 0. The van der Waals surface area contributed by atoms with Crippen LogP contribution < -0.4 is 5.43 Å². The summed E-state index contributed by atoms with van der Waals surface area (Å²) in [6.07, 6.45) is 1.88. The average molecular weight is 284 g/mol. The largest absolute Gasteiger partial charge is 0.292 e. The predicted octanol–water partition coefficient (Wildman–Crippen LogP) is 2.80. The molecule has 1 amide bonds. The van der Waals surface area contributed by atoms with E-state index in [-0.39, 0.29) is 28.4 Å². The summed E-state index contributed by atoms with van der Waals surface area (Å²) in [5.74, 6) is -0.0372. The van der Waals surface area contributed by atoms with Crippen molar-refractivity contribution < 1.29 is 9.59 Å². The van der Waals surface area contributed by atoms with Crippen LogP contribution in [0.1, 0.15) is 44.0 Å². The quantitative estimate of drug-likeness (QED) is 0.849. The van der Waals surface area contributed by atoms with Gasteiger partial charge in [0.15, 0.2) is 5.78 Å². The smallest absolute Gasteiger partial charge is 0.271 e. The van der Waals surface area contributed by atoms with Gasteiger partial charge in [-0.2, -0.15) is 5.10 Å². The van der Waals surface area contributed by atoms with Gasteiger partial charge in [-0.3, -0.25) is 9.59 Å². The van der Waals surface area contributed by atoms with Gasteiger partial charge in [-0.05, 0) is 30.4 Å². The molecule has 2 atom stereocenters. The van der Waals surface area contributed by atoms with Crippen LogP contribution in [0.3, 0.4) is 0 Å². The Bertz CT molecular complexity index is 633. The van der Waals surface area contributed by atoms with E-state index in [4.69, 9.17) is 0 Å². The number of hydrogen-bond donors (Lipinski definition) is 1. The molecule has 0 spiro atoms. The van der Waals surface area contributed by atoms with Crippen molar-refractivity contribution in [2.75, 3.05) is 0 Å². The summed E-state index contributed by atoms with van der Waals surface area (Å²) in [6, 6.07) is 8.90. The Morgan fingerprint density at radius 1 is 1.24 bits per heavy atom. The van der Waals surface area contributed by atoms with E-state index < -0.39 is 0 Å². The number of hydrazone groups is 1. The molecule has 2 fully saturated rings. The van der Waals surface area contributed by atoms with Crippen molar-refractivity contribution in [3.8, 4) is 0 Å². The van der Waals surface area contributed by atoms with Gasteiger partial charge in [-0.15, -0.1) is 0 Å². The second-order valence-corrected chi connectivity index (χ2v) is 6.78. The van der Waals surface area contributed by atoms with E-state index in [1.807, 2.05) is 13.0 Å². The van der Waals surface area contributed by atoms with Crippen molar-refractivity contribution in [1.29, 1.82) is 0 Å². The predicted molar refractivity (Wildman–Crippen MR) is 81.0 cm³/mol. The fraction of sp³-hybridized carbons (Fsp3) is 0.471. The lowest BCUT2D eigenvalue weighted by Crippen LogP contribution is -2.34.